The van der Waals surface area contributed by atoms with Crippen molar-refractivity contribution in [1.29, 1.82) is 0 Å². The van der Waals surface area contributed by atoms with E-state index in [0.717, 1.165) is 48.5 Å². The number of aromatic nitrogens is 1. The lowest BCUT2D eigenvalue weighted by Gasteiger charge is -2.42. The number of thiazole rings is 1. The lowest BCUT2D eigenvalue weighted by atomic mass is 9.73. The smallest absolute Gasteiger partial charge is 0.124 e. The highest BCUT2D eigenvalue weighted by molar-refractivity contribution is 8.13. The molecule has 0 amide bonds. The van der Waals surface area contributed by atoms with E-state index in [1.165, 1.54) is 45.0 Å². The standard InChI is InChI=1S/C51H42N4S2/c1-50(2)38-14-6-10-18-43(38)54(44-19-11-7-15-39(44)50)36-27-22-33(23-28-36)48(56-5)52-35-26-31-42-47(32-35)57-49(53-42)34-24-29-37(30-25-34)55-45-20-12-8-16-40(45)51(3,4)41-17-9-13-21-46(41)55/h6-32H,1-5H3. The summed E-state index contributed by atoms with van der Waals surface area (Å²) in [5.41, 5.74) is 16.4. The maximum atomic E-state index is 5.16. The molecule has 0 bridgehead atoms. The van der Waals surface area contributed by atoms with Crippen LogP contribution in [0, 0.1) is 0 Å². The number of thioether (sulfide) groups is 1. The molecule has 0 saturated heterocycles. The normalized spacial score (nSPS) is 15.1. The van der Waals surface area contributed by atoms with Crippen LogP contribution in [0.15, 0.2) is 169 Å². The highest BCUT2D eigenvalue weighted by Crippen LogP contribution is 2.53. The molecule has 0 atom stereocenters. The fourth-order valence-electron chi connectivity index (χ4n) is 8.85. The summed E-state index contributed by atoms with van der Waals surface area (Å²) in [6.07, 6.45) is 2.10. The Bertz CT molecular complexity index is 2750. The van der Waals surface area contributed by atoms with Crippen molar-refractivity contribution in [2.24, 2.45) is 4.99 Å². The maximum Gasteiger partial charge on any atom is 0.124 e. The molecule has 3 heterocycles. The third-order valence-electron chi connectivity index (χ3n) is 11.8. The molecule has 2 aliphatic heterocycles. The first-order valence-electron chi connectivity index (χ1n) is 19.4. The van der Waals surface area contributed by atoms with Gasteiger partial charge in [-0.2, -0.15) is 0 Å². The van der Waals surface area contributed by atoms with Gasteiger partial charge >= 0.3 is 0 Å². The van der Waals surface area contributed by atoms with Gasteiger partial charge in [0.25, 0.3) is 0 Å². The van der Waals surface area contributed by atoms with Gasteiger partial charge in [0.15, 0.2) is 0 Å². The molecule has 0 radical (unpaired) electrons. The first-order chi connectivity index (χ1) is 27.7. The second-order valence-electron chi connectivity index (χ2n) is 15.9. The van der Waals surface area contributed by atoms with Crippen LogP contribution in [-0.2, 0) is 10.8 Å². The van der Waals surface area contributed by atoms with E-state index < -0.39 is 0 Å². The molecule has 0 aliphatic carbocycles. The predicted octanol–water partition coefficient (Wildman–Crippen LogP) is 14.6. The fourth-order valence-corrected chi connectivity index (χ4v) is 10.4. The summed E-state index contributed by atoms with van der Waals surface area (Å²) in [6.45, 7) is 9.29. The van der Waals surface area contributed by atoms with Crippen molar-refractivity contribution in [3.63, 3.8) is 0 Å². The molecule has 2 aliphatic rings. The summed E-state index contributed by atoms with van der Waals surface area (Å²) in [6, 6.07) is 59.2. The van der Waals surface area contributed by atoms with Gasteiger partial charge in [-0.25, -0.2) is 9.98 Å². The van der Waals surface area contributed by atoms with E-state index in [2.05, 4.69) is 208 Å². The largest absolute Gasteiger partial charge is 0.310 e. The molecule has 6 heteroatoms. The first-order valence-corrected chi connectivity index (χ1v) is 21.5. The number of nitrogens with zero attached hydrogens (tertiary/aromatic N) is 4. The van der Waals surface area contributed by atoms with Gasteiger partial charge in [0, 0.05) is 33.3 Å². The monoisotopic (exact) mass is 774 g/mol. The van der Waals surface area contributed by atoms with Gasteiger partial charge in [0.05, 0.1) is 38.7 Å². The SMILES string of the molecule is CSC(=Nc1ccc2nc(-c3ccc(N4c5ccccc5C(C)(C)c5ccccc54)cc3)sc2c1)c1ccc(N2c3ccccc3C(C)(C)c3ccccc32)cc1. The van der Waals surface area contributed by atoms with Crippen molar-refractivity contribution in [3.05, 3.63) is 192 Å². The first kappa shape index (κ1) is 35.5. The van der Waals surface area contributed by atoms with E-state index in [1.807, 2.05) is 0 Å². The molecular weight excluding hydrogens is 733 g/mol. The van der Waals surface area contributed by atoms with Gasteiger partial charge in [0.2, 0.25) is 0 Å². The van der Waals surface area contributed by atoms with E-state index >= 15 is 0 Å². The zero-order chi connectivity index (χ0) is 38.9. The highest BCUT2D eigenvalue weighted by Gasteiger charge is 2.37. The Labute approximate surface area is 343 Å². The molecule has 7 aromatic carbocycles. The summed E-state index contributed by atoms with van der Waals surface area (Å²) < 4.78 is 1.12. The number of aliphatic imine (C=N–C) groups is 1. The minimum atomic E-state index is -0.0847. The van der Waals surface area contributed by atoms with Crippen molar-refractivity contribution in [3.8, 4) is 10.6 Å². The van der Waals surface area contributed by atoms with Crippen LogP contribution < -0.4 is 9.80 Å². The number of para-hydroxylation sites is 4. The fraction of sp³-hybridized carbons (Fsp3) is 0.137. The van der Waals surface area contributed by atoms with Crippen molar-refractivity contribution >= 4 is 78.2 Å². The molecule has 57 heavy (non-hydrogen) atoms. The van der Waals surface area contributed by atoms with Crippen LogP contribution in [0.25, 0.3) is 20.8 Å². The van der Waals surface area contributed by atoms with Crippen LogP contribution in [0.1, 0.15) is 55.5 Å². The average Bonchev–Trinajstić information content (AvgIpc) is 3.67. The summed E-state index contributed by atoms with van der Waals surface area (Å²) in [4.78, 5) is 15.0. The molecule has 10 rings (SSSR count). The molecule has 0 N–H and O–H groups in total. The van der Waals surface area contributed by atoms with Crippen LogP contribution >= 0.6 is 23.1 Å². The Balaban J connectivity index is 0.929. The van der Waals surface area contributed by atoms with E-state index in [-0.39, 0.29) is 10.8 Å². The number of fused-ring (bicyclic) bond motifs is 5. The molecular formula is C51H42N4S2. The van der Waals surface area contributed by atoms with Crippen molar-refractivity contribution in [1.82, 2.24) is 4.98 Å². The minimum Gasteiger partial charge on any atom is -0.310 e. The second kappa shape index (κ2) is 13.6. The number of anilines is 6. The van der Waals surface area contributed by atoms with Crippen LogP contribution in [-0.4, -0.2) is 16.3 Å². The van der Waals surface area contributed by atoms with E-state index in [9.17, 15) is 0 Å². The van der Waals surface area contributed by atoms with Crippen molar-refractivity contribution in [2.45, 2.75) is 38.5 Å². The van der Waals surface area contributed by atoms with Gasteiger partial charge in [-0.3, -0.25) is 0 Å². The van der Waals surface area contributed by atoms with Gasteiger partial charge in [0.1, 0.15) is 10.1 Å². The quantitative estimate of drug-likeness (QED) is 0.129. The predicted molar refractivity (Wildman–Crippen MR) is 245 cm³/mol. The summed E-state index contributed by atoms with van der Waals surface area (Å²) in [5, 5.41) is 1.98. The molecule has 0 spiro atoms. The van der Waals surface area contributed by atoms with Crippen LogP contribution in [0.5, 0.6) is 0 Å². The molecule has 0 unspecified atom stereocenters. The second-order valence-corrected chi connectivity index (χ2v) is 17.7. The van der Waals surface area contributed by atoms with Gasteiger partial charge < -0.3 is 9.80 Å². The molecule has 1 aromatic heterocycles. The molecule has 8 aromatic rings. The number of hydrogen-bond acceptors (Lipinski definition) is 6. The number of rotatable bonds is 5. The molecule has 278 valence electrons. The van der Waals surface area contributed by atoms with E-state index in [4.69, 9.17) is 9.98 Å². The number of hydrogen-bond donors (Lipinski definition) is 0. The van der Waals surface area contributed by atoms with Crippen LogP contribution in [0.2, 0.25) is 0 Å². The zero-order valence-corrected chi connectivity index (χ0v) is 34.3. The van der Waals surface area contributed by atoms with Gasteiger partial charge in [-0.1, -0.05) is 113 Å². The lowest BCUT2D eigenvalue weighted by Crippen LogP contribution is -2.30. The third kappa shape index (κ3) is 5.81. The van der Waals surface area contributed by atoms with E-state index in [1.54, 1.807) is 23.1 Å². The Hall–Kier alpha value is -5.95. The Kier molecular flexibility index (Phi) is 8.47. The van der Waals surface area contributed by atoms with Gasteiger partial charge in [-0.15, -0.1) is 23.1 Å². The summed E-state index contributed by atoms with van der Waals surface area (Å²) in [5.74, 6) is 0. The van der Waals surface area contributed by atoms with Gasteiger partial charge in [-0.05, 0) is 107 Å². The molecule has 4 nitrogen and oxygen atoms in total. The third-order valence-corrected chi connectivity index (χ3v) is 13.6. The summed E-state index contributed by atoms with van der Waals surface area (Å²) >= 11 is 3.38. The maximum absolute atomic E-state index is 5.16. The Morgan fingerprint density at radius 2 is 0.982 bits per heavy atom. The topological polar surface area (TPSA) is 31.7 Å². The molecule has 0 fully saturated rings. The Morgan fingerprint density at radius 1 is 0.544 bits per heavy atom. The summed E-state index contributed by atoms with van der Waals surface area (Å²) in [7, 11) is 0. The Morgan fingerprint density at radius 3 is 1.44 bits per heavy atom. The highest BCUT2D eigenvalue weighted by atomic mass is 32.2. The number of benzene rings is 7. The van der Waals surface area contributed by atoms with Crippen LogP contribution in [0.4, 0.5) is 39.8 Å². The van der Waals surface area contributed by atoms with Crippen LogP contribution in [0.3, 0.4) is 0 Å². The van der Waals surface area contributed by atoms with Crippen molar-refractivity contribution < 1.29 is 0 Å². The average molecular weight is 775 g/mol. The molecule has 0 saturated carbocycles. The van der Waals surface area contributed by atoms with Crippen molar-refractivity contribution in [2.75, 3.05) is 16.1 Å². The lowest BCUT2D eigenvalue weighted by molar-refractivity contribution is 0.632. The zero-order valence-electron chi connectivity index (χ0n) is 32.7. The minimum absolute atomic E-state index is 0.0828. The van der Waals surface area contributed by atoms with E-state index in [0.29, 0.717) is 0 Å².